The van der Waals surface area contributed by atoms with Crippen LogP contribution in [0.15, 0.2) is 29.1 Å². The first-order valence-electron chi connectivity index (χ1n) is 8.00. The van der Waals surface area contributed by atoms with Crippen LogP contribution in [0, 0.1) is 5.82 Å². The number of aromatic nitrogens is 3. The molecule has 3 heterocycles. The number of rotatable bonds is 2. The Labute approximate surface area is 146 Å². The number of hydrogen-bond donors (Lipinski definition) is 2. The van der Waals surface area contributed by atoms with Crippen LogP contribution >= 0.6 is 0 Å². The standard InChI is InChI=1S/C17H16FN5O3/c1-21-6-7-22-12-11(14(24)13(22)17(21)26)16(25)23(20-15(12)19)8-9-2-4-10(18)5-3-9/h2-5,24H,6-8H2,1H3,(H2,19,20). The van der Waals surface area contributed by atoms with Gasteiger partial charge in [0.05, 0.1) is 6.54 Å². The summed E-state index contributed by atoms with van der Waals surface area (Å²) in [7, 11) is 1.62. The molecule has 0 radical (unpaired) electrons. The summed E-state index contributed by atoms with van der Waals surface area (Å²) in [6.07, 6.45) is 0. The summed E-state index contributed by atoms with van der Waals surface area (Å²) in [5.74, 6) is -1.11. The zero-order valence-corrected chi connectivity index (χ0v) is 13.9. The van der Waals surface area contributed by atoms with Crippen molar-refractivity contribution >= 4 is 22.6 Å². The number of carbonyl (C=O) groups is 1. The summed E-state index contributed by atoms with van der Waals surface area (Å²) < 4.78 is 15.7. The number of hydrogen-bond acceptors (Lipinski definition) is 5. The van der Waals surface area contributed by atoms with Crippen molar-refractivity contribution in [2.24, 2.45) is 0 Å². The largest absolute Gasteiger partial charge is 0.505 e. The van der Waals surface area contributed by atoms with Crippen molar-refractivity contribution in [1.29, 1.82) is 0 Å². The van der Waals surface area contributed by atoms with Crippen LogP contribution in [0.1, 0.15) is 16.1 Å². The van der Waals surface area contributed by atoms with Crippen molar-refractivity contribution in [1.82, 2.24) is 19.2 Å². The van der Waals surface area contributed by atoms with Gasteiger partial charge in [0.2, 0.25) is 0 Å². The lowest BCUT2D eigenvalue weighted by Gasteiger charge is -2.24. The van der Waals surface area contributed by atoms with Gasteiger partial charge in [-0.25, -0.2) is 9.07 Å². The number of nitrogen functional groups attached to an aromatic ring is 1. The molecule has 0 atom stereocenters. The summed E-state index contributed by atoms with van der Waals surface area (Å²) in [5, 5.41) is 14.6. The number of benzene rings is 1. The van der Waals surface area contributed by atoms with E-state index in [1.807, 2.05) is 0 Å². The topological polar surface area (TPSA) is 106 Å². The third-order valence-corrected chi connectivity index (χ3v) is 4.61. The number of anilines is 1. The van der Waals surface area contributed by atoms with Gasteiger partial charge in [0.1, 0.15) is 16.7 Å². The van der Waals surface area contributed by atoms with Crippen LogP contribution in [-0.4, -0.2) is 43.9 Å². The zero-order valence-electron chi connectivity index (χ0n) is 13.9. The number of carbonyl (C=O) groups excluding carboxylic acids is 1. The fourth-order valence-corrected chi connectivity index (χ4v) is 3.27. The molecule has 0 saturated carbocycles. The molecule has 2 aromatic heterocycles. The van der Waals surface area contributed by atoms with E-state index in [9.17, 15) is 19.1 Å². The van der Waals surface area contributed by atoms with Gasteiger partial charge in [-0.2, -0.15) is 0 Å². The molecule has 0 aliphatic carbocycles. The number of aromatic hydroxyl groups is 1. The van der Waals surface area contributed by atoms with E-state index in [1.165, 1.54) is 29.2 Å². The monoisotopic (exact) mass is 357 g/mol. The SMILES string of the molecule is CN1CCn2c(c(O)c3c(=O)n(Cc4ccc(F)cc4)nc(N)c32)C1=O. The maximum Gasteiger partial charge on any atom is 0.280 e. The molecule has 0 fully saturated rings. The second kappa shape index (κ2) is 5.58. The van der Waals surface area contributed by atoms with E-state index in [4.69, 9.17) is 5.73 Å². The highest BCUT2D eigenvalue weighted by Gasteiger charge is 2.32. The third-order valence-electron chi connectivity index (χ3n) is 4.61. The zero-order chi connectivity index (χ0) is 18.6. The molecule has 4 rings (SSSR count). The molecule has 1 aliphatic rings. The lowest BCUT2D eigenvalue weighted by Crippen LogP contribution is -2.37. The molecule has 1 amide bonds. The van der Waals surface area contributed by atoms with Crippen LogP contribution in [0.25, 0.3) is 10.9 Å². The summed E-state index contributed by atoms with van der Waals surface area (Å²) in [6.45, 7) is 0.905. The lowest BCUT2D eigenvalue weighted by molar-refractivity contribution is 0.0747. The average Bonchev–Trinajstić information content (AvgIpc) is 2.92. The van der Waals surface area contributed by atoms with E-state index in [2.05, 4.69) is 5.10 Å². The molecular formula is C17H16FN5O3. The van der Waals surface area contributed by atoms with Crippen LogP contribution in [0.2, 0.25) is 0 Å². The first-order chi connectivity index (χ1) is 12.4. The Hall–Kier alpha value is -3.36. The van der Waals surface area contributed by atoms with Crippen LogP contribution < -0.4 is 11.3 Å². The molecule has 9 heteroatoms. The number of nitrogens with zero attached hydrogens (tertiary/aromatic N) is 4. The number of nitrogens with two attached hydrogens (primary N) is 1. The smallest absolute Gasteiger partial charge is 0.280 e. The highest BCUT2D eigenvalue weighted by molar-refractivity contribution is 6.06. The quantitative estimate of drug-likeness (QED) is 0.704. The highest BCUT2D eigenvalue weighted by atomic mass is 19.1. The minimum atomic E-state index is -0.562. The van der Waals surface area contributed by atoms with Crippen LogP contribution in [0.4, 0.5) is 10.2 Å². The second-order valence-electron chi connectivity index (χ2n) is 6.27. The number of fused-ring (bicyclic) bond motifs is 3. The Morgan fingerprint density at radius 1 is 1.23 bits per heavy atom. The maximum atomic E-state index is 13.1. The Kier molecular flexibility index (Phi) is 3.46. The van der Waals surface area contributed by atoms with Crippen molar-refractivity contribution in [2.45, 2.75) is 13.1 Å². The molecule has 3 aromatic rings. The number of halogens is 1. The van der Waals surface area contributed by atoms with E-state index in [-0.39, 0.29) is 46.4 Å². The molecule has 26 heavy (non-hydrogen) atoms. The van der Waals surface area contributed by atoms with Gasteiger partial charge in [-0.1, -0.05) is 12.1 Å². The minimum Gasteiger partial charge on any atom is -0.505 e. The van der Waals surface area contributed by atoms with Gasteiger partial charge in [-0.05, 0) is 17.7 Å². The molecule has 8 nitrogen and oxygen atoms in total. The molecule has 134 valence electrons. The molecule has 0 bridgehead atoms. The Morgan fingerprint density at radius 3 is 2.62 bits per heavy atom. The highest BCUT2D eigenvalue weighted by Crippen LogP contribution is 2.34. The predicted octanol–water partition coefficient (Wildman–Crippen LogP) is 0.759. The van der Waals surface area contributed by atoms with E-state index >= 15 is 0 Å². The summed E-state index contributed by atoms with van der Waals surface area (Å²) in [4.78, 5) is 26.7. The molecule has 1 aliphatic heterocycles. The molecule has 3 N–H and O–H groups in total. The molecule has 0 unspecified atom stereocenters. The second-order valence-corrected chi connectivity index (χ2v) is 6.27. The molecule has 0 saturated heterocycles. The Bertz CT molecular complexity index is 1100. The van der Waals surface area contributed by atoms with Gasteiger partial charge in [0.15, 0.2) is 17.3 Å². The van der Waals surface area contributed by atoms with Gasteiger partial charge < -0.3 is 20.3 Å². The van der Waals surface area contributed by atoms with Crippen LogP contribution in [0.5, 0.6) is 5.75 Å². The third kappa shape index (κ3) is 2.24. The van der Waals surface area contributed by atoms with Gasteiger partial charge in [-0.15, -0.1) is 5.10 Å². The van der Waals surface area contributed by atoms with Crippen LogP contribution in [0.3, 0.4) is 0 Å². The van der Waals surface area contributed by atoms with E-state index in [1.54, 1.807) is 11.6 Å². The fraction of sp³-hybridized carbons (Fsp3) is 0.235. The van der Waals surface area contributed by atoms with Crippen molar-refractivity contribution < 1.29 is 14.3 Å². The first kappa shape index (κ1) is 16.1. The van der Waals surface area contributed by atoms with Gasteiger partial charge >= 0.3 is 0 Å². The first-order valence-corrected chi connectivity index (χ1v) is 8.00. The van der Waals surface area contributed by atoms with E-state index in [0.29, 0.717) is 18.7 Å². The predicted molar refractivity (Wildman–Crippen MR) is 92.5 cm³/mol. The summed E-state index contributed by atoms with van der Waals surface area (Å²) in [5.41, 5.74) is 6.43. The molecule has 1 aromatic carbocycles. The normalized spacial score (nSPS) is 14.1. The van der Waals surface area contributed by atoms with Crippen molar-refractivity contribution in [3.05, 3.63) is 51.7 Å². The number of amides is 1. The fourth-order valence-electron chi connectivity index (χ4n) is 3.27. The van der Waals surface area contributed by atoms with Crippen molar-refractivity contribution in [3.8, 4) is 5.75 Å². The number of likely N-dealkylation sites (N-methyl/N-ethyl adjacent to an activating group) is 1. The minimum absolute atomic E-state index is 0.0294. The average molecular weight is 357 g/mol. The van der Waals surface area contributed by atoms with Crippen LogP contribution in [-0.2, 0) is 13.1 Å². The van der Waals surface area contributed by atoms with Gasteiger partial charge in [-0.3, -0.25) is 9.59 Å². The van der Waals surface area contributed by atoms with Crippen molar-refractivity contribution in [3.63, 3.8) is 0 Å². The lowest BCUT2D eigenvalue weighted by atomic mass is 10.2. The Balaban J connectivity index is 1.92. The van der Waals surface area contributed by atoms with Gasteiger partial charge in [0.25, 0.3) is 11.5 Å². The van der Waals surface area contributed by atoms with E-state index in [0.717, 1.165) is 4.68 Å². The summed E-state index contributed by atoms with van der Waals surface area (Å²) in [6, 6.07) is 5.64. The summed E-state index contributed by atoms with van der Waals surface area (Å²) >= 11 is 0. The van der Waals surface area contributed by atoms with E-state index < -0.39 is 5.56 Å². The van der Waals surface area contributed by atoms with Gasteiger partial charge in [0, 0.05) is 20.1 Å². The maximum absolute atomic E-state index is 13.1. The van der Waals surface area contributed by atoms with Crippen molar-refractivity contribution in [2.75, 3.05) is 19.3 Å². The molecular weight excluding hydrogens is 341 g/mol. The Morgan fingerprint density at radius 2 is 1.92 bits per heavy atom. The molecule has 0 spiro atoms.